The van der Waals surface area contributed by atoms with Gasteiger partial charge in [-0.2, -0.15) is 13.2 Å². The van der Waals surface area contributed by atoms with Crippen LogP contribution in [0.25, 0.3) is 10.8 Å². The normalized spacial score (nSPS) is 11.6. The van der Waals surface area contributed by atoms with Crippen LogP contribution in [0.2, 0.25) is 0 Å². The summed E-state index contributed by atoms with van der Waals surface area (Å²) in [7, 11) is 0. The molecule has 1 aromatic heterocycles. The van der Waals surface area contributed by atoms with E-state index in [0.29, 0.717) is 35.8 Å². The fraction of sp³-hybridized carbons (Fsp3) is 0.267. The molecule has 1 heterocycles. The quantitative estimate of drug-likeness (QED) is 0.150. The predicted molar refractivity (Wildman–Crippen MR) is 137 cm³/mol. The molecule has 4 aromatic rings. The maximum atomic E-state index is 15.2. The first-order chi connectivity index (χ1) is 18.2. The zero-order chi connectivity index (χ0) is 27.1. The molecule has 8 heteroatoms. The smallest absolute Gasteiger partial charge is 0.422 e. The summed E-state index contributed by atoms with van der Waals surface area (Å²) < 4.78 is 70.7. The number of allylic oxidation sites excluding steroid dienone is 1. The molecule has 0 spiro atoms. The fourth-order valence-electron chi connectivity index (χ4n) is 4.16. The van der Waals surface area contributed by atoms with Crippen molar-refractivity contribution in [3.63, 3.8) is 0 Å². The minimum atomic E-state index is -4.55. The topological polar surface area (TPSA) is 35.0 Å². The molecule has 0 bridgehead atoms. The van der Waals surface area contributed by atoms with Crippen molar-refractivity contribution in [1.29, 1.82) is 0 Å². The summed E-state index contributed by atoms with van der Waals surface area (Å²) in [5.74, 6) is -0.929. The number of aryl methyl sites for hydroxylation is 5. The average Bonchev–Trinajstić information content (AvgIpc) is 2.90. The highest BCUT2D eigenvalue weighted by Gasteiger charge is 2.29. The number of aromatic nitrogens is 2. The summed E-state index contributed by atoms with van der Waals surface area (Å²) in [6.07, 6.45) is 4.77. The van der Waals surface area contributed by atoms with Crippen molar-refractivity contribution < 1.29 is 26.7 Å². The Morgan fingerprint density at radius 1 is 0.789 bits per heavy atom. The lowest BCUT2D eigenvalue weighted by molar-refractivity contribution is -0.153. The molecule has 38 heavy (non-hydrogen) atoms. The lowest BCUT2D eigenvalue weighted by Gasteiger charge is -2.11. The van der Waals surface area contributed by atoms with E-state index < -0.39 is 24.3 Å². The summed E-state index contributed by atoms with van der Waals surface area (Å²) in [5, 5.41) is 1.28. The van der Waals surface area contributed by atoms with E-state index in [2.05, 4.69) is 21.3 Å². The third-order valence-corrected chi connectivity index (χ3v) is 6.20. The lowest BCUT2D eigenvalue weighted by Crippen LogP contribution is -2.19. The van der Waals surface area contributed by atoms with Gasteiger partial charge in [-0.05, 0) is 71.9 Å². The van der Waals surface area contributed by atoms with Gasteiger partial charge in [0.1, 0.15) is 11.6 Å². The molecular formula is C30H27F5N2O. The Balaban J connectivity index is 1.37. The number of fused-ring (bicyclic) bond motifs is 1. The van der Waals surface area contributed by atoms with Gasteiger partial charge in [-0.25, -0.2) is 18.7 Å². The zero-order valence-electron chi connectivity index (χ0n) is 20.7. The van der Waals surface area contributed by atoms with Gasteiger partial charge >= 0.3 is 6.18 Å². The summed E-state index contributed by atoms with van der Waals surface area (Å²) in [6.45, 7) is 2.15. The summed E-state index contributed by atoms with van der Waals surface area (Å²) in [6, 6.07) is 12.9. The SMILES string of the molecule is C=CCCc1cnc(CCc2ccc3c(F)c(CCc4ccc(OCC(F)(F)F)c(F)c4)ccc3c2)nc1. The second-order valence-corrected chi connectivity index (χ2v) is 9.10. The zero-order valence-corrected chi connectivity index (χ0v) is 20.7. The number of nitrogens with zero attached hydrogens (tertiary/aromatic N) is 2. The Hall–Kier alpha value is -3.81. The molecular weight excluding hydrogens is 499 g/mol. The van der Waals surface area contributed by atoms with Crippen LogP contribution in [0.4, 0.5) is 22.0 Å². The first kappa shape index (κ1) is 27.2. The Morgan fingerprint density at radius 2 is 1.50 bits per heavy atom. The van der Waals surface area contributed by atoms with E-state index in [0.717, 1.165) is 53.7 Å². The molecule has 0 unspecified atom stereocenters. The largest absolute Gasteiger partial charge is 0.481 e. The summed E-state index contributed by atoms with van der Waals surface area (Å²) >= 11 is 0. The van der Waals surface area contributed by atoms with Crippen LogP contribution in [-0.4, -0.2) is 22.8 Å². The Bertz CT molecular complexity index is 1400. The summed E-state index contributed by atoms with van der Waals surface area (Å²) in [4.78, 5) is 8.86. The van der Waals surface area contributed by atoms with Crippen LogP contribution in [-0.2, 0) is 32.1 Å². The highest BCUT2D eigenvalue weighted by atomic mass is 19.4. The van der Waals surface area contributed by atoms with Crippen molar-refractivity contribution in [2.45, 2.75) is 44.7 Å². The van der Waals surface area contributed by atoms with Crippen LogP contribution in [0.3, 0.4) is 0 Å². The van der Waals surface area contributed by atoms with E-state index in [4.69, 9.17) is 0 Å². The molecule has 198 valence electrons. The van der Waals surface area contributed by atoms with Gasteiger partial charge in [0.2, 0.25) is 0 Å². The van der Waals surface area contributed by atoms with Gasteiger partial charge in [-0.3, -0.25) is 0 Å². The van der Waals surface area contributed by atoms with E-state index in [1.807, 2.05) is 36.7 Å². The molecule has 0 radical (unpaired) electrons. The fourth-order valence-corrected chi connectivity index (χ4v) is 4.16. The molecule has 0 saturated heterocycles. The van der Waals surface area contributed by atoms with Crippen LogP contribution in [0, 0.1) is 11.6 Å². The third kappa shape index (κ3) is 7.37. The molecule has 0 aliphatic heterocycles. The van der Waals surface area contributed by atoms with E-state index in [-0.39, 0.29) is 5.82 Å². The first-order valence-corrected chi connectivity index (χ1v) is 12.3. The number of hydrogen-bond acceptors (Lipinski definition) is 3. The molecule has 0 amide bonds. The highest BCUT2D eigenvalue weighted by Crippen LogP contribution is 2.26. The minimum Gasteiger partial charge on any atom is -0.481 e. The molecule has 4 rings (SSSR count). The number of alkyl halides is 3. The maximum Gasteiger partial charge on any atom is 0.422 e. The molecule has 0 saturated carbocycles. The highest BCUT2D eigenvalue weighted by molar-refractivity contribution is 5.84. The molecule has 0 N–H and O–H groups in total. The van der Waals surface area contributed by atoms with Gasteiger partial charge in [0.15, 0.2) is 18.2 Å². The van der Waals surface area contributed by atoms with E-state index in [9.17, 15) is 17.6 Å². The van der Waals surface area contributed by atoms with Crippen molar-refractivity contribution >= 4 is 10.8 Å². The van der Waals surface area contributed by atoms with Gasteiger partial charge in [0, 0.05) is 24.2 Å². The number of benzene rings is 3. The van der Waals surface area contributed by atoms with Crippen molar-refractivity contribution in [3.05, 3.63) is 113 Å². The van der Waals surface area contributed by atoms with Crippen LogP contribution in [0.1, 0.15) is 34.5 Å². The standard InChI is InChI=1S/C30H27F5N2O/c1-2-3-4-22-17-36-28(37-18-22)14-8-20-6-12-25-24(15-20)11-10-23(29(25)32)9-5-21-7-13-27(26(31)16-21)38-19-30(33,34)35/h2,6-7,10-13,15-18H,1,3-5,8-9,14,19H2. The van der Waals surface area contributed by atoms with Crippen molar-refractivity contribution in [2.75, 3.05) is 6.61 Å². The van der Waals surface area contributed by atoms with Crippen molar-refractivity contribution in [3.8, 4) is 5.75 Å². The monoisotopic (exact) mass is 526 g/mol. The lowest BCUT2D eigenvalue weighted by atomic mass is 9.98. The molecule has 3 aromatic carbocycles. The Morgan fingerprint density at radius 3 is 2.21 bits per heavy atom. The van der Waals surface area contributed by atoms with Gasteiger partial charge in [-0.1, -0.05) is 42.5 Å². The predicted octanol–water partition coefficient (Wildman–Crippen LogP) is 7.54. The molecule has 3 nitrogen and oxygen atoms in total. The third-order valence-electron chi connectivity index (χ3n) is 6.20. The van der Waals surface area contributed by atoms with Crippen LogP contribution in [0.15, 0.2) is 73.6 Å². The van der Waals surface area contributed by atoms with E-state index >= 15 is 4.39 Å². The molecule has 0 aliphatic carbocycles. The minimum absolute atomic E-state index is 0.311. The van der Waals surface area contributed by atoms with Crippen LogP contribution >= 0.6 is 0 Å². The summed E-state index contributed by atoms with van der Waals surface area (Å²) in [5.41, 5.74) is 3.13. The molecule has 0 atom stereocenters. The second kappa shape index (κ2) is 12.2. The van der Waals surface area contributed by atoms with Gasteiger partial charge in [0.25, 0.3) is 0 Å². The Labute approximate surface area is 218 Å². The maximum absolute atomic E-state index is 15.2. The van der Waals surface area contributed by atoms with Crippen LogP contribution < -0.4 is 4.74 Å². The van der Waals surface area contributed by atoms with Crippen molar-refractivity contribution in [1.82, 2.24) is 9.97 Å². The first-order valence-electron chi connectivity index (χ1n) is 12.3. The number of ether oxygens (including phenoxy) is 1. The van der Waals surface area contributed by atoms with Gasteiger partial charge in [-0.15, -0.1) is 6.58 Å². The number of rotatable bonds is 11. The number of halogens is 5. The number of hydrogen-bond donors (Lipinski definition) is 0. The second-order valence-electron chi connectivity index (χ2n) is 9.10. The van der Waals surface area contributed by atoms with Crippen molar-refractivity contribution in [2.24, 2.45) is 0 Å². The average molecular weight is 527 g/mol. The van der Waals surface area contributed by atoms with Gasteiger partial charge < -0.3 is 4.74 Å². The molecule has 0 aliphatic rings. The Kier molecular flexibility index (Phi) is 8.71. The van der Waals surface area contributed by atoms with Crippen LogP contribution in [0.5, 0.6) is 5.75 Å². The van der Waals surface area contributed by atoms with E-state index in [1.54, 1.807) is 12.1 Å². The van der Waals surface area contributed by atoms with E-state index in [1.165, 1.54) is 6.07 Å². The molecule has 0 fully saturated rings. The van der Waals surface area contributed by atoms with Gasteiger partial charge in [0.05, 0.1) is 0 Å².